The van der Waals surface area contributed by atoms with Crippen LogP contribution in [0.25, 0.3) is 0 Å². The Bertz CT molecular complexity index is 766. The van der Waals surface area contributed by atoms with Crippen LogP contribution in [0.3, 0.4) is 0 Å². The highest BCUT2D eigenvalue weighted by atomic mass is 16.5. The number of rotatable bonds is 2. The van der Waals surface area contributed by atoms with Crippen molar-refractivity contribution in [1.82, 2.24) is 0 Å². The fourth-order valence-corrected chi connectivity index (χ4v) is 4.35. The molecule has 26 heavy (non-hydrogen) atoms. The number of hydrogen-bond acceptors (Lipinski definition) is 3. The first-order valence-corrected chi connectivity index (χ1v) is 9.69. The van der Waals surface area contributed by atoms with Crippen LogP contribution in [0.5, 0.6) is 0 Å². The summed E-state index contributed by atoms with van der Waals surface area (Å²) in [6.45, 7) is 6.83. The van der Waals surface area contributed by atoms with Gasteiger partial charge in [-0.25, -0.2) is 0 Å². The quantitative estimate of drug-likeness (QED) is 0.802. The van der Waals surface area contributed by atoms with Crippen molar-refractivity contribution < 1.29 is 9.84 Å². The van der Waals surface area contributed by atoms with Crippen molar-refractivity contribution in [3.8, 4) is 0 Å². The molecule has 2 unspecified atom stereocenters. The Morgan fingerprint density at radius 3 is 2.54 bits per heavy atom. The highest BCUT2D eigenvalue weighted by molar-refractivity contribution is 5.59. The lowest BCUT2D eigenvalue weighted by Gasteiger charge is -2.45. The molecular weight excluding hydrogens is 322 g/mol. The molecule has 2 N–H and O–H groups in total. The van der Waals surface area contributed by atoms with E-state index in [1.54, 1.807) is 0 Å². The molecule has 0 aromatic heterocycles. The molecule has 2 heterocycles. The van der Waals surface area contributed by atoms with Gasteiger partial charge >= 0.3 is 0 Å². The van der Waals surface area contributed by atoms with Crippen LogP contribution in [0, 0.1) is 5.92 Å². The van der Waals surface area contributed by atoms with Crippen molar-refractivity contribution in [1.29, 1.82) is 0 Å². The van der Waals surface area contributed by atoms with E-state index in [0.29, 0.717) is 5.92 Å². The smallest absolute Gasteiger partial charge is 0.0900 e. The molecule has 0 amide bonds. The Balaban J connectivity index is 1.77. The van der Waals surface area contributed by atoms with Crippen molar-refractivity contribution >= 4 is 5.69 Å². The molecule has 138 valence electrons. The largest absolute Gasteiger partial charge is 0.394 e. The van der Waals surface area contributed by atoms with Gasteiger partial charge in [0.15, 0.2) is 0 Å². The summed E-state index contributed by atoms with van der Waals surface area (Å²) in [5.41, 5.74) is 5.13. The van der Waals surface area contributed by atoms with E-state index in [4.69, 9.17) is 4.74 Å². The first-order valence-electron chi connectivity index (χ1n) is 9.69. The van der Waals surface area contributed by atoms with Gasteiger partial charge in [-0.2, -0.15) is 0 Å². The Morgan fingerprint density at radius 1 is 1.08 bits per heavy atom. The van der Waals surface area contributed by atoms with Gasteiger partial charge < -0.3 is 15.2 Å². The molecule has 0 bridgehead atoms. The lowest BCUT2D eigenvalue weighted by Crippen LogP contribution is -2.40. The first-order chi connectivity index (χ1) is 12.5. The summed E-state index contributed by atoms with van der Waals surface area (Å²) < 4.78 is 6.40. The zero-order valence-corrected chi connectivity index (χ0v) is 15.9. The third-order valence-electron chi connectivity index (χ3n) is 5.88. The lowest BCUT2D eigenvalue weighted by molar-refractivity contribution is -0.110. The van der Waals surface area contributed by atoms with E-state index in [2.05, 4.69) is 74.6 Å². The van der Waals surface area contributed by atoms with E-state index >= 15 is 0 Å². The van der Waals surface area contributed by atoms with E-state index in [1.807, 2.05) is 0 Å². The van der Waals surface area contributed by atoms with Crippen LogP contribution in [0.1, 0.15) is 62.4 Å². The number of benzene rings is 2. The molecule has 2 aromatic carbocycles. The predicted octanol–water partition coefficient (Wildman–Crippen LogP) is 4.98. The van der Waals surface area contributed by atoms with Gasteiger partial charge in [-0.3, -0.25) is 0 Å². The molecule has 4 atom stereocenters. The van der Waals surface area contributed by atoms with E-state index in [9.17, 15) is 5.11 Å². The van der Waals surface area contributed by atoms with Gasteiger partial charge in [0.05, 0.1) is 24.9 Å². The summed E-state index contributed by atoms with van der Waals surface area (Å²) in [5, 5.41) is 13.4. The average molecular weight is 351 g/mol. The van der Waals surface area contributed by atoms with Gasteiger partial charge in [-0.15, -0.1) is 0 Å². The van der Waals surface area contributed by atoms with Gasteiger partial charge in [0.2, 0.25) is 0 Å². The summed E-state index contributed by atoms with van der Waals surface area (Å²) in [6, 6.07) is 17.6. The van der Waals surface area contributed by atoms with Gasteiger partial charge in [0, 0.05) is 17.2 Å². The lowest BCUT2D eigenvalue weighted by atomic mass is 9.75. The summed E-state index contributed by atoms with van der Waals surface area (Å²) in [6.07, 6.45) is 1.94. The first kappa shape index (κ1) is 17.6. The number of ether oxygens (including phenoxy) is 1. The normalized spacial score (nSPS) is 28.0. The summed E-state index contributed by atoms with van der Waals surface area (Å²) in [7, 11) is 0. The van der Waals surface area contributed by atoms with Crippen molar-refractivity contribution in [2.24, 2.45) is 5.92 Å². The molecule has 0 saturated carbocycles. The SMILES string of the molecule is CC(C)(C)c1ccc2c(c1)C1O[C@@H](CO)CCC1[C@H](c1ccccc1)N2. The number of nitrogens with one attached hydrogen (secondary N) is 1. The molecule has 2 aliphatic heterocycles. The molecule has 3 nitrogen and oxygen atoms in total. The molecule has 0 radical (unpaired) electrons. The number of aliphatic hydroxyl groups excluding tert-OH is 1. The number of hydrogen-bond donors (Lipinski definition) is 2. The summed E-state index contributed by atoms with van der Waals surface area (Å²) in [5.74, 6) is 0.378. The fraction of sp³-hybridized carbons (Fsp3) is 0.478. The monoisotopic (exact) mass is 351 g/mol. The average Bonchev–Trinajstić information content (AvgIpc) is 2.66. The van der Waals surface area contributed by atoms with Crippen LogP contribution in [0.4, 0.5) is 5.69 Å². The number of aliphatic hydroxyl groups is 1. The second-order valence-electron chi connectivity index (χ2n) is 8.69. The number of anilines is 1. The molecule has 4 rings (SSSR count). The van der Waals surface area contributed by atoms with Crippen molar-refractivity contribution in [2.75, 3.05) is 11.9 Å². The maximum Gasteiger partial charge on any atom is 0.0900 e. The Morgan fingerprint density at radius 2 is 1.85 bits per heavy atom. The summed E-state index contributed by atoms with van der Waals surface area (Å²) in [4.78, 5) is 0. The number of fused-ring (bicyclic) bond motifs is 3. The minimum Gasteiger partial charge on any atom is -0.394 e. The zero-order valence-electron chi connectivity index (χ0n) is 15.9. The van der Waals surface area contributed by atoms with Gasteiger partial charge in [-0.1, -0.05) is 63.2 Å². The Hall–Kier alpha value is -1.84. The highest BCUT2D eigenvalue weighted by Crippen LogP contribution is 2.50. The highest BCUT2D eigenvalue weighted by Gasteiger charge is 2.42. The Labute approximate surface area is 156 Å². The third kappa shape index (κ3) is 3.15. The second-order valence-corrected chi connectivity index (χ2v) is 8.69. The molecular formula is C23H29NO2. The molecule has 2 aromatic rings. The van der Waals surface area contributed by atoms with Crippen molar-refractivity contribution in [3.63, 3.8) is 0 Å². The van der Waals surface area contributed by atoms with Crippen LogP contribution < -0.4 is 5.32 Å². The van der Waals surface area contributed by atoms with E-state index in [-0.39, 0.29) is 30.3 Å². The minimum absolute atomic E-state index is 0.0321. The van der Waals surface area contributed by atoms with Crippen LogP contribution >= 0.6 is 0 Å². The van der Waals surface area contributed by atoms with Gasteiger partial charge in [-0.05, 0) is 35.4 Å². The molecule has 2 aliphatic rings. The van der Waals surface area contributed by atoms with Crippen LogP contribution in [-0.2, 0) is 10.2 Å². The summed E-state index contributed by atoms with van der Waals surface area (Å²) >= 11 is 0. The van der Waals surface area contributed by atoms with E-state index < -0.39 is 0 Å². The molecule has 1 saturated heterocycles. The van der Waals surface area contributed by atoms with Crippen LogP contribution in [-0.4, -0.2) is 17.8 Å². The maximum atomic E-state index is 9.66. The maximum absolute atomic E-state index is 9.66. The Kier molecular flexibility index (Phi) is 4.54. The van der Waals surface area contributed by atoms with Crippen LogP contribution in [0.2, 0.25) is 0 Å². The predicted molar refractivity (Wildman–Crippen MR) is 105 cm³/mol. The zero-order chi connectivity index (χ0) is 18.3. The van der Waals surface area contributed by atoms with Crippen LogP contribution in [0.15, 0.2) is 48.5 Å². The molecule has 1 fully saturated rings. The standard InChI is InChI=1S/C23H29NO2/c1-23(2,3)16-9-12-20-19(13-16)22-18(11-10-17(14-25)26-22)21(24-20)15-7-5-4-6-8-15/h4-9,12-13,17-18,21-22,24-25H,10-11,14H2,1-3H3/t17-,18?,21+,22?/m1/s1. The van der Waals surface area contributed by atoms with E-state index in [0.717, 1.165) is 18.5 Å². The molecule has 0 spiro atoms. The molecule has 0 aliphatic carbocycles. The van der Waals surface area contributed by atoms with Crippen molar-refractivity contribution in [2.45, 2.75) is 57.3 Å². The topological polar surface area (TPSA) is 41.5 Å². The fourth-order valence-electron chi connectivity index (χ4n) is 4.35. The minimum atomic E-state index is -0.0584. The van der Waals surface area contributed by atoms with Crippen molar-refractivity contribution in [3.05, 3.63) is 65.2 Å². The van der Waals surface area contributed by atoms with Gasteiger partial charge in [0.25, 0.3) is 0 Å². The van der Waals surface area contributed by atoms with Gasteiger partial charge in [0.1, 0.15) is 0 Å². The van der Waals surface area contributed by atoms with E-state index in [1.165, 1.54) is 16.7 Å². The second kappa shape index (κ2) is 6.71. The molecule has 3 heteroatoms. The third-order valence-corrected chi connectivity index (χ3v) is 5.88.